The van der Waals surface area contributed by atoms with Gasteiger partial charge in [0.2, 0.25) is 0 Å². The van der Waals surface area contributed by atoms with E-state index in [9.17, 15) is 10.1 Å². The highest BCUT2D eigenvalue weighted by Crippen LogP contribution is 2.21. The summed E-state index contributed by atoms with van der Waals surface area (Å²) in [4.78, 5) is 21.3. The van der Waals surface area contributed by atoms with Crippen molar-refractivity contribution < 1.29 is 9.53 Å². The second kappa shape index (κ2) is 8.70. The minimum absolute atomic E-state index is 0.0105. The summed E-state index contributed by atoms with van der Waals surface area (Å²) in [5.74, 6) is 0.396. The van der Waals surface area contributed by atoms with Crippen molar-refractivity contribution >= 4 is 23.2 Å². The predicted molar refractivity (Wildman–Crippen MR) is 112 cm³/mol. The van der Waals surface area contributed by atoms with E-state index < -0.39 is 5.97 Å². The number of hydrogen-bond acceptors (Lipinski definition) is 5. The van der Waals surface area contributed by atoms with Crippen LogP contribution in [-0.2, 0) is 22.5 Å². The quantitative estimate of drug-likeness (QED) is 0.360. The number of nitriles is 1. The Morgan fingerprint density at radius 3 is 2.55 bits per heavy atom. The van der Waals surface area contributed by atoms with Gasteiger partial charge in [0, 0.05) is 12.1 Å². The van der Waals surface area contributed by atoms with Crippen molar-refractivity contribution in [2.45, 2.75) is 40.7 Å². The molecule has 0 atom stereocenters. The molecule has 148 valence electrons. The van der Waals surface area contributed by atoms with E-state index in [0.717, 1.165) is 45.8 Å². The number of fused-ring (bicyclic) bond motifs is 1. The minimum atomic E-state index is -0.603. The lowest BCUT2D eigenvalue weighted by Gasteiger charge is -2.09. The van der Waals surface area contributed by atoms with Crippen LogP contribution in [0, 0.1) is 25.2 Å². The fraction of sp³-hybridized carbons (Fsp3) is 0.304. The molecule has 0 aliphatic heterocycles. The Morgan fingerprint density at radius 1 is 1.21 bits per heavy atom. The predicted octanol–water partition coefficient (Wildman–Crippen LogP) is 4.13. The van der Waals surface area contributed by atoms with Crippen LogP contribution >= 0.6 is 0 Å². The number of imidazole rings is 1. The van der Waals surface area contributed by atoms with Crippen molar-refractivity contribution in [3.63, 3.8) is 0 Å². The van der Waals surface area contributed by atoms with Gasteiger partial charge in [-0.25, -0.2) is 14.8 Å². The summed E-state index contributed by atoms with van der Waals surface area (Å²) >= 11 is 0. The highest BCUT2D eigenvalue weighted by atomic mass is 16.5. The molecule has 6 heteroatoms. The van der Waals surface area contributed by atoms with E-state index in [-0.39, 0.29) is 12.2 Å². The molecule has 0 N–H and O–H groups in total. The first-order valence-corrected chi connectivity index (χ1v) is 9.68. The molecule has 0 aliphatic carbocycles. The lowest BCUT2D eigenvalue weighted by atomic mass is 10.1. The Labute approximate surface area is 170 Å². The number of carbonyl (C=O) groups is 1. The van der Waals surface area contributed by atoms with Crippen molar-refractivity contribution in [3.05, 3.63) is 64.1 Å². The van der Waals surface area contributed by atoms with Gasteiger partial charge in [0.25, 0.3) is 0 Å². The standard InChI is InChI=1S/C23H24N4O2/c1-5-20-26-21-15(3)11-16(4)25-22(21)27(20)14-18-9-7-17(8-10-18)12-19(13-24)23(28)29-6-2/h7-12H,5-6,14H2,1-4H3. The molecule has 2 aromatic heterocycles. The van der Waals surface area contributed by atoms with E-state index in [2.05, 4.69) is 24.5 Å². The van der Waals surface area contributed by atoms with Crippen LogP contribution in [0.4, 0.5) is 0 Å². The molecule has 0 bridgehead atoms. The van der Waals surface area contributed by atoms with Gasteiger partial charge in [0.1, 0.15) is 23.0 Å². The molecule has 0 fully saturated rings. The van der Waals surface area contributed by atoms with E-state index in [4.69, 9.17) is 14.7 Å². The van der Waals surface area contributed by atoms with E-state index in [1.807, 2.05) is 37.3 Å². The normalized spacial score (nSPS) is 11.5. The first kappa shape index (κ1) is 20.3. The van der Waals surface area contributed by atoms with E-state index in [1.54, 1.807) is 13.0 Å². The lowest BCUT2D eigenvalue weighted by molar-refractivity contribution is -0.137. The van der Waals surface area contributed by atoms with Crippen LogP contribution in [0.5, 0.6) is 0 Å². The summed E-state index contributed by atoms with van der Waals surface area (Å²) in [5, 5.41) is 9.18. The summed E-state index contributed by atoms with van der Waals surface area (Å²) in [6.07, 6.45) is 2.36. The number of hydrogen-bond donors (Lipinski definition) is 0. The van der Waals surface area contributed by atoms with Crippen LogP contribution in [0.3, 0.4) is 0 Å². The molecule has 1 aromatic carbocycles. The van der Waals surface area contributed by atoms with Gasteiger partial charge in [0.05, 0.1) is 13.2 Å². The van der Waals surface area contributed by atoms with Gasteiger partial charge in [-0.15, -0.1) is 0 Å². The van der Waals surface area contributed by atoms with Crippen molar-refractivity contribution in [1.82, 2.24) is 14.5 Å². The summed E-state index contributed by atoms with van der Waals surface area (Å²) in [5.41, 5.74) is 5.80. The van der Waals surface area contributed by atoms with Crippen LogP contribution in [0.25, 0.3) is 17.2 Å². The van der Waals surface area contributed by atoms with Crippen molar-refractivity contribution in [2.75, 3.05) is 6.61 Å². The number of esters is 1. The number of aromatic nitrogens is 3. The van der Waals surface area contributed by atoms with Gasteiger partial charge in [-0.3, -0.25) is 0 Å². The molecule has 6 nitrogen and oxygen atoms in total. The second-order valence-electron chi connectivity index (χ2n) is 6.85. The number of carbonyl (C=O) groups excluding carboxylic acids is 1. The first-order valence-electron chi connectivity index (χ1n) is 9.68. The number of pyridine rings is 1. The van der Waals surface area contributed by atoms with E-state index >= 15 is 0 Å². The molecule has 3 rings (SSSR count). The number of aryl methyl sites for hydroxylation is 3. The minimum Gasteiger partial charge on any atom is -0.462 e. The molecular weight excluding hydrogens is 364 g/mol. The SMILES string of the molecule is CCOC(=O)C(C#N)=Cc1ccc(Cn2c(CC)nc3c(C)cc(C)nc32)cc1. The Bertz CT molecular complexity index is 1120. The zero-order chi connectivity index (χ0) is 21.0. The first-order chi connectivity index (χ1) is 14.0. The van der Waals surface area contributed by atoms with Crippen molar-refractivity contribution in [1.29, 1.82) is 5.26 Å². The fourth-order valence-corrected chi connectivity index (χ4v) is 3.30. The average Bonchev–Trinajstić information content (AvgIpc) is 3.05. The average molecular weight is 388 g/mol. The van der Waals surface area contributed by atoms with Gasteiger partial charge in [-0.1, -0.05) is 31.2 Å². The smallest absolute Gasteiger partial charge is 0.348 e. The molecule has 0 saturated carbocycles. The number of ether oxygens (including phenoxy) is 1. The summed E-state index contributed by atoms with van der Waals surface area (Å²) in [6, 6.07) is 11.7. The van der Waals surface area contributed by atoms with Crippen LogP contribution in [0.1, 0.15) is 42.1 Å². The van der Waals surface area contributed by atoms with Crippen LogP contribution in [0.15, 0.2) is 35.9 Å². The third kappa shape index (κ3) is 4.35. The molecule has 2 heterocycles. The van der Waals surface area contributed by atoms with Gasteiger partial charge in [-0.2, -0.15) is 5.26 Å². The van der Waals surface area contributed by atoms with Crippen molar-refractivity contribution in [3.8, 4) is 6.07 Å². The highest BCUT2D eigenvalue weighted by Gasteiger charge is 2.14. The molecule has 0 aliphatic rings. The molecule has 0 radical (unpaired) electrons. The summed E-state index contributed by atoms with van der Waals surface area (Å²) in [6.45, 7) is 8.75. The van der Waals surface area contributed by atoms with Crippen LogP contribution < -0.4 is 0 Å². The Balaban J connectivity index is 1.91. The van der Waals surface area contributed by atoms with Gasteiger partial charge in [-0.05, 0) is 49.6 Å². The maximum Gasteiger partial charge on any atom is 0.348 e. The zero-order valence-electron chi connectivity index (χ0n) is 17.2. The molecule has 0 amide bonds. The molecule has 3 aromatic rings. The fourth-order valence-electron chi connectivity index (χ4n) is 3.30. The Kier molecular flexibility index (Phi) is 6.08. The zero-order valence-corrected chi connectivity index (χ0v) is 17.2. The topological polar surface area (TPSA) is 80.8 Å². The highest BCUT2D eigenvalue weighted by molar-refractivity contribution is 5.97. The van der Waals surface area contributed by atoms with Gasteiger partial charge in [0.15, 0.2) is 5.65 Å². The van der Waals surface area contributed by atoms with Gasteiger partial charge >= 0.3 is 5.97 Å². The number of nitrogens with zero attached hydrogens (tertiary/aromatic N) is 4. The molecule has 29 heavy (non-hydrogen) atoms. The van der Waals surface area contributed by atoms with Crippen molar-refractivity contribution in [2.24, 2.45) is 0 Å². The maximum atomic E-state index is 11.8. The van der Waals surface area contributed by atoms with E-state index in [1.165, 1.54) is 0 Å². The molecule has 0 unspecified atom stereocenters. The maximum absolute atomic E-state index is 11.8. The molecule has 0 saturated heterocycles. The third-order valence-corrected chi connectivity index (χ3v) is 4.66. The number of benzene rings is 1. The monoisotopic (exact) mass is 388 g/mol. The summed E-state index contributed by atoms with van der Waals surface area (Å²) < 4.78 is 7.05. The summed E-state index contributed by atoms with van der Waals surface area (Å²) in [7, 11) is 0. The molecule has 0 spiro atoms. The largest absolute Gasteiger partial charge is 0.462 e. The Hall–Kier alpha value is -3.46. The second-order valence-corrected chi connectivity index (χ2v) is 6.85. The molecular formula is C23H24N4O2. The number of rotatable bonds is 6. The lowest BCUT2D eigenvalue weighted by Crippen LogP contribution is -2.06. The van der Waals surface area contributed by atoms with E-state index in [0.29, 0.717) is 6.54 Å². The Morgan fingerprint density at radius 2 is 1.93 bits per heavy atom. The third-order valence-electron chi connectivity index (χ3n) is 4.66. The van der Waals surface area contributed by atoms with Gasteiger partial charge < -0.3 is 9.30 Å². The van der Waals surface area contributed by atoms with Crippen LogP contribution in [-0.4, -0.2) is 27.1 Å². The van der Waals surface area contributed by atoms with Crippen LogP contribution in [0.2, 0.25) is 0 Å².